The zero-order chi connectivity index (χ0) is 58.4. The fourth-order valence-corrected chi connectivity index (χ4v) is 15.1. The standard InChI is InChI=1S/C85H64N2/c1-83(2)76-34-17-14-30-71(76)73-52-50-68(55-80(73)83)87(69-51-53-74-72-31-15-18-35-77(72)84(3,4)81(74)56-69)66-48-42-61(43-49-66)70-33-21-37-79-82(70)75-32-16-19-36-78(75)85(79,62-26-12-7-13-27-62)63-28-20-29-67(54-63)86(64-44-38-59(39-45-64)57-22-8-5-9-23-57)65-46-40-60(41-47-65)58-24-10-6-11-25-58/h5-56H,1-4H3. The molecule has 0 heterocycles. The molecule has 2 nitrogen and oxygen atoms in total. The van der Waals surface area contributed by atoms with E-state index in [1.165, 1.54) is 111 Å². The second-order valence-corrected chi connectivity index (χ2v) is 24.8. The van der Waals surface area contributed by atoms with E-state index in [1.807, 2.05) is 0 Å². The molecule has 2 heteroatoms. The smallest absolute Gasteiger partial charge is 0.0714 e. The maximum absolute atomic E-state index is 2.49. The lowest BCUT2D eigenvalue weighted by Gasteiger charge is -2.35. The molecule has 0 saturated heterocycles. The maximum atomic E-state index is 2.49. The van der Waals surface area contributed by atoms with Gasteiger partial charge in [0.15, 0.2) is 0 Å². The van der Waals surface area contributed by atoms with Crippen molar-refractivity contribution in [3.8, 4) is 66.8 Å². The van der Waals surface area contributed by atoms with Crippen molar-refractivity contribution in [1.82, 2.24) is 0 Å². The van der Waals surface area contributed by atoms with Gasteiger partial charge in [0.2, 0.25) is 0 Å². The van der Waals surface area contributed by atoms with Crippen LogP contribution in [-0.4, -0.2) is 0 Å². The molecule has 3 aliphatic carbocycles. The van der Waals surface area contributed by atoms with E-state index in [0.717, 1.165) is 34.1 Å². The molecule has 0 aromatic heterocycles. The van der Waals surface area contributed by atoms with Gasteiger partial charge in [-0.1, -0.05) is 270 Å². The van der Waals surface area contributed by atoms with Gasteiger partial charge >= 0.3 is 0 Å². The van der Waals surface area contributed by atoms with Gasteiger partial charge < -0.3 is 9.80 Å². The molecule has 1 atom stereocenters. The molecule has 0 aliphatic heterocycles. The topological polar surface area (TPSA) is 6.48 Å². The number of nitrogens with zero attached hydrogens (tertiary/aromatic N) is 2. The summed E-state index contributed by atoms with van der Waals surface area (Å²) in [6, 6.07) is 118. The fraction of sp³-hybridized carbons (Fsp3) is 0.0824. The number of benzene rings is 13. The average Bonchev–Trinajstić information content (AvgIpc) is 2.01. The van der Waals surface area contributed by atoms with Crippen LogP contribution in [0.1, 0.15) is 72.2 Å². The van der Waals surface area contributed by atoms with Crippen LogP contribution in [0.15, 0.2) is 315 Å². The third-order valence-electron chi connectivity index (χ3n) is 19.4. The second kappa shape index (κ2) is 20.3. The Morgan fingerprint density at radius 1 is 0.207 bits per heavy atom. The van der Waals surface area contributed by atoms with E-state index in [0.29, 0.717) is 0 Å². The first-order chi connectivity index (χ1) is 42.7. The molecule has 16 rings (SSSR count). The average molecular weight is 1110 g/mol. The molecule has 0 bridgehead atoms. The Morgan fingerprint density at radius 2 is 0.552 bits per heavy atom. The van der Waals surface area contributed by atoms with Crippen molar-refractivity contribution in [2.45, 2.75) is 43.9 Å². The first-order valence-corrected chi connectivity index (χ1v) is 30.6. The molecule has 87 heavy (non-hydrogen) atoms. The van der Waals surface area contributed by atoms with Gasteiger partial charge in [-0.05, 0) is 184 Å². The van der Waals surface area contributed by atoms with E-state index >= 15 is 0 Å². The highest BCUT2D eigenvalue weighted by atomic mass is 15.1. The predicted molar refractivity (Wildman–Crippen MR) is 365 cm³/mol. The Kier molecular flexibility index (Phi) is 12.2. The minimum Gasteiger partial charge on any atom is -0.310 e. The van der Waals surface area contributed by atoms with Gasteiger partial charge in [0.25, 0.3) is 0 Å². The largest absolute Gasteiger partial charge is 0.310 e. The van der Waals surface area contributed by atoms with E-state index in [2.05, 4.69) is 353 Å². The van der Waals surface area contributed by atoms with Crippen LogP contribution in [0.25, 0.3) is 66.8 Å². The van der Waals surface area contributed by atoms with Gasteiger partial charge in [0.1, 0.15) is 0 Å². The lowest BCUT2D eigenvalue weighted by molar-refractivity contribution is 0.660. The highest BCUT2D eigenvalue weighted by Gasteiger charge is 2.47. The van der Waals surface area contributed by atoms with Crippen LogP contribution in [0.4, 0.5) is 34.1 Å². The van der Waals surface area contributed by atoms with Crippen molar-refractivity contribution in [2.24, 2.45) is 0 Å². The molecule has 13 aromatic rings. The van der Waals surface area contributed by atoms with Gasteiger partial charge in [-0.3, -0.25) is 0 Å². The van der Waals surface area contributed by atoms with Crippen LogP contribution in [0, 0.1) is 0 Å². The first kappa shape index (κ1) is 52.0. The summed E-state index contributed by atoms with van der Waals surface area (Å²) < 4.78 is 0. The molecule has 0 spiro atoms. The van der Waals surface area contributed by atoms with Crippen LogP contribution in [0.2, 0.25) is 0 Å². The Morgan fingerprint density at radius 3 is 1.07 bits per heavy atom. The Bertz CT molecular complexity index is 4580. The second-order valence-electron chi connectivity index (χ2n) is 24.8. The minimum atomic E-state index is -0.655. The summed E-state index contributed by atoms with van der Waals surface area (Å²) in [6.45, 7) is 9.51. The van der Waals surface area contributed by atoms with Crippen LogP contribution in [-0.2, 0) is 16.2 Å². The summed E-state index contributed by atoms with van der Waals surface area (Å²) in [6.07, 6.45) is 0. The van der Waals surface area contributed by atoms with E-state index in [-0.39, 0.29) is 10.8 Å². The lowest BCUT2D eigenvalue weighted by Crippen LogP contribution is -2.28. The van der Waals surface area contributed by atoms with Gasteiger partial charge in [-0.25, -0.2) is 0 Å². The van der Waals surface area contributed by atoms with Crippen LogP contribution < -0.4 is 9.80 Å². The fourth-order valence-electron chi connectivity index (χ4n) is 15.1. The molecule has 0 fully saturated rings. The van der Waals surface area contributed by atoms with Gasteiger partial charge in [0.05, 0.1) is 5.41 Å². The molecule has 0 saturated carbocycles. The molecule has 3 aliphatic rings. The van der Waals surface area contributed by atoms with E-state index in [9.17, 15) is 0 Å². The van der Waals surface area contributed by atoms with Gasteiger partial charge in [-0.15, -0.1) is 0 Å². The number of anilines is 6. The predicted octanol–water partition coefficient (Wildman–Crippen LogP) is 22.6. The van der Waals surface area contributed by atoms with Crippen LogP contribution >= 0.6 is 0 Å². The summed E-state index contributed by atoms with van der Waals surface area (Å²) in [7, 11) is 0. The lowest BCUT2D eigenvalue weighted by atomic mass is 9.67. The monoisotopic (exact) mass is 1110 g/mol. The molecular formula is C85H64N2. The number of hydrogen-bond acceptors (Lipinski definition) is 2. The van der Waals surface area contributed by atoms with Crippen molar-refractivity contribution in [2.75, 3.05) is 9.80 Å². The number of rotatable bonds is 11. The Labute approximate surface area is 511 Å². The molecular weight excluding hydrogens is 1050 g/mol. The zero-order valence-electron chi connectivity index (χ0n) is 49.4. The molecule has 414 valence electrons. The van der Waals surface area contributed by atoms with Crippen LogP contribution in [0.3, 0.4) is 0 Å². The Hall–Kier alpha value is -10.5. The summed E-state index contributed by atoms with van der Waals surface area (Å²) in [4.78, 5) is 4.90. The molecule has 1 unspecified atom stereocenters. The highest BCUT2D eigenvalue weighted by Crippen LogP contribution is 2.60. The molecule has 0 N–H and O–H groups in total. The maximum Gasteiger partial charge on any atom is 0.0714 e. The van der Waals surface area contributed by atoms with E-state index in [1.54, 1.807) is 0 Å². The molecule has 13 aromatic carbocycles. The first-order valence-electron chi connectivity index (χ1n) is 30.6. The SMILES string of the molecule is CC1(C)c2ccccc2-c2ccc(N(c3ccc(-c4cccc5c4-c4ccccc4C5(c4ccccc4)c4cccc(N(c5ccc(-c6ccccc6)cc5)c5ccc(-c6ccccc6)cc5)c4)cc3)c3ccc4c(c3)C(C)(C)c3ccccc3-4)cc21. The third kappa shape index (κ3) is 8.23. The molecule has 0 amide bonds. The van der Waals surface area contributed by atoms with Gasteiger partial charge in [-0.2, -0.15) is 0 Å². The minimum absolute atomic E-state index is 0.150. The quantitative estimate of drug-likeness (QED) is 0.127. The van der Waals surface area contributed by atoms with Crippen molar-refractivity contribution < 1.29 is 0 Å². The zero-order valence-corrected chi connectivity index (χ0v) is 49.4. The van der Waals surface area contributed by atoms with Crippen molar-refractivity contribution in [1.29, 1.82) is 0 Å². The van der Waals surface area contributed by atoms with Gasteiger partial charge in [0, 0.05) is 45.0 Å². The summed E-state index contributed by atoms with van der Waals surface area (Å²) in [5.41, 5.74) is 31.1. The number of hydrogen-bond donors (Lipinski definition) is 0. The number of fused-ring (bicyclic) bond motifs is 9. The van der Waals surface area contributed by atoms with E-state index in [4.69, 9.17) is 0 Å². The highest BCUT2D eigenvalue weighted by molar-refractivity contribution is 5.97. The summed E-state index contributed by atoms with van der Waals surface area (Å²) in [5, 5.41) is 0. The van der Waals surface area contributed by atoms with Crippen molar-refractivity contribution >= 4 is 34.1 Å². The molecule has 0 radical (unpaired) electrons. The summed E-state index contributed by atoms with van der Waals surface area (Å²) >= 11 is 0. The van der Waals surface area contributed by atoms with Crippen molar-refractivity contribution in [3.63, 3.8) is 0 Å². The normalized spacial score (nSPS) is 15.1. The van der Waals surface area contributed by atoms with Crippen LogP contribution in [0.5, 0.6) is 0 Å². The summed E-state index contributed by atoms with van der Waals surface area (Å²) in [5.74, 6) is 0. The third-order valence-corrected chi connectivity index (χ3v) is 19.4. The Balaban J connectivity index is 0.836. The van der Waals surface area contributed by atoms with E-state index < -0.39 is 5.41 Å². The van der Waals surface area contributed by atoms with Crippen molar-refractivity contribution in [3.05, 3.63) is 360 Å².